The third-order valence-electron chi connectivity index (χ3n) is 6.13. The van der Waals surface area contributed by atoms with E-state index < -0.39 is 12.3 Å². The largest absolute Gasteiger partial charge is 0.497 e. The first-order chi connectivity index (χ1) is 16.1. The van der Waals surface area contributed by atoms with Gasteiger partial charge in [0.05, 0.1) is 18.7 Å². The Kier molecular flexibility index (Phi) is 6.41. The van der Waals surface area contributed by atoms with Crippen LogP contribution in [0.1, 0.15) is 23.7 Å². The first-order valence-electron chi connectivity index (χ1n) is 10.9. The highest BCUT2D eigenvalue weighted by Gasteiger charge is 2.30. The molecular formula is C23H25FN6O2S. The van der Waals surface area contributed by atoms with E-state index >= 15 is 0 Å². The first kappa shape index (κ1) is 22.0. The van der Waals surface area contributed by atoms with Crippen molar-refractivity contribution < 1.29 is 14.2 Å². The van der Waals surface area contributed by atoms with Gasteiger partial charge in [0, 0.05) is 55.0 Å². The minimum absolute atomic E-state index is 0.242. The van der Waals surface area contributed by atoms with Gasteiger partial charge in [-0.1, -0.05) is 4.49 Å². The molecule has 0 amide bonds. The lowest BCUT2D eigenvalue weighted by Crippen LogP contribution is -2.51. The minimum atomic E-state index is -1.03. The van der Waals surface area contributed by atoms with Crippen molar-refractivity contribution in [1.29, 1.82) is 0 Å². The quantitative estimate of drug-likeness (QED) is 0.428. The van der Waals surface area contributed by atoms with E-state index in [2.05, 4.69) is 24.9 Å². The highest BCUT2D eigenvalue weighted by molar-refractivity contribution is 7.12. The number of pyridine rings is 2. The van der Waals surface area contributed by atoms with E-state index in [1.165, 1.54) is 11.5 Å². The Morgan fingerprint density at radius 2 is 2.18 bits per heavy atom. The van der Waals surface area contributed by atoms with Gasteiger partial charge in [0.25, 0.3) is 0 Å². The smallest absolute Gasteiger partial charge is 0.163 e. The summed E-state index contributed by atoms with van der Waals surface area (Å²) in [7, 11) is 1.61. The van der Waals surface area contributed by atoms with E-state index in [-0.39, 0.29) is 12.6 Å². The monoisotopic (exact) mass is 468 g/mol. The number of aliphatic hydroxyl groups is 1. The third-order valence-corrected chi connectivity index (χ3v) is 6.78. The number of β-amino-alcohol motifs (C(OH)–C–C–N with tert-alkyl or cyclic N) is 1. The van der Waals surface area contributed by atoms with Gasteiger partial charge in [0.1, 0.15) is 17.4 Å². The maximum atomic E-state index is 15.0. The lowest BCUT2D eigenvalue weighted by Gasteiger charge is -2.36. The van der Waals surface area contributed by atoms with E-state index in [1.807, 2.05) is 35.2 Å². The summed E-state index contributed by atoms with van der Waals surface area (Å²) >= 11 is 1.26. The molecule has 8 nitrogen and oxygen atoms in total. The van der Waals surface area contributed by atoms with Crippen LogP contribution in [0.2, 0.25) is 0 Å². The van der Waals surface area contributed by atoms with Gasteiger partial charge in [-0.25, -0.2) is 9.37 Å². The van der Waals surface area contributed by atoms with Crippen LogP contribution in [-0.2, 0) is 6.54 Å². The van der Waals surface area contributed by atoms with Crippen LogP contribution in [-0.4, -0.2) is 68.5 Å². The Morgan fingerprint density at radius 3 is 3.03 bits per heavy atom. The van der Waals surface area contributed by atoms with Crippen molar-refractivity contribution in [1.82, 2.24) is 29.8 Å². The van der Waals surface area contributed by atoms with Crippen LogP contribution in [0.3, 0.4) is 0 Å². The molecule has 0 radical (unpaired) electrons. The Morgan fingerprint density at radius 1 is 1.27 bits per heavy atom. The number of halogens is 1. The van der Waals surface area contributed by atoms with Crippen molar-refractivity contribution in [2.75, 3.05) is 26.7 Å². The predicted molar refractivity (Wildman–Crippen MR) is 125 cm³/mol. The van der Waals surface area contributed by atoms with Crippen molar-refractivity contribution in [2.24, 2.45) is 0 Å². The number of aromatic nitrogens is 4. The lowest BCUT2D eigenvalue weighted by molar-refractivity contribution is 0.0571. The van der Waals surface area contributed by atoms with Crippen LogP contribution in [0.5, 0.6) is 5.75 Å². The number of ether oxygens (including phenoxy) is 1. The average Bonchev–Trinajstić information content (AvgIpc) is 3.30. The molecular weight excluding hydrogens is 443 g/mol. The highest BCUT2D eigenvalue weighted by Crippen LogP contribution is 2.28. The number of likely N-dealkylation sites (tertiary alicyclic amines) is 1. The number of nitrogens with zero attached hydrogens (tertiary/aromatic N) is 5. The molecule has 0 aliphatic carbocycles. The van der Waals surface area contributed by atoms with Crippen molar-refractivity contribution >= 4 is 32.8 Å². The lowest BCUT2D eigenvalue weighted by atomic mass is 10.00. The summed E-state index contributed by atoms with van der Waals surface area (Å²) in [6.45, 7) is 1.86. The molecule has 1 aliphatic heterocycles. The molecule has 1 aliphatic rings. The van der Waals surface area contributed by atoms with E-state index in [1.54, 1.807) is 19.5 Å². The number of hydrogen-bond acceptors (Lipinski definition) is 9. The standard InChI is InChI=1S/C23H25FN6O2S/c1-32-15-2-3-19-17(9-15)16(4-6-25-19)22(31)13-30-7-5-20(18(24)12-30)26-10-14-8-21-23(27-11-14)33-29-28-21/h2-4,6,8-9,11,18,20,22,26,31H,5,7,10,12-13H2,1H3/t18-,20-,22+/m0/s1. The van der Waals surface area contributed by atoms with E-state index in [9.17, 15) is 9.50 Å². The zero-order valence-electron chi connectivity index (χ0n) is 18.2. The molecule has 3 aromatic heterocycles. The summed E-state index contributed by atoms with van der Waals surface area (Å²) in [5, 5.41) is 19.1. The molecule has 1 saturated heterocycles. The Hall–Kier alpha value is -2.79. The number of piperidine rings is 1. The molecule has 10 heteroatoms. The summed E-state index contributed by atoms with van der Waals surface area (Å²) in [6.07, 6.45) is 2.35. The summed E-state index contributed by atoms with van der Waals surface area (Å²) in [6, 6.07) is 9.11. The summed E-state index contributed by atoms with van der Waals surface area (Å²) < 4.78 is 24.2. The molecule has 4 heterocycles. The molecule has 1 aromatic carbocycles. The summed E-state index contributed by atoms with van der Waals surface area (Å²) in [5.41, 5.74) is 3.29. The van der Waals surface area contributed by atoms with Crippen LogP contribution in [0.4, 0.5) is 4.39 Å². The van der Waals surface area contributed by atoms with E-state index in [0.29, 0.717) is 31.8 Å². The Balaban J connectivity index is 1.19. The number of fused-ring (bicyclic) bond motifs is 2. The normalized spacial score (nSPS) is 20.3. The molecule has 0 saturated carbocycles. The van der Waals surface area contributed by atoms with Crippen LogP contribution in [0.15, 0.2) is 42.7 Å². The molecule has 0 spiro atoms. The van der Waals surface area contributed by atoms with Crippen molar-refractivity contribution in [3.8, 4) is 5.75 Å². The molecule has 3 atom stereocenters. The molecule has 0 bridgehead atoms. The zero-order valence-corrected chi connectivity index (χ0v) is 19.0. The zero-order chi connectivity index (χ0) is 22.8. The fraction of sp³-hybridized carbons (Fsp3) is 0.391. The summed E-state index contributed by atoms with van der Waals surface area (Å²) in [4.78, 5) is 11.5. The number of benzene rings is 1. The van der Waals surface area contributed by atoms with Gasteiger partial charge in [-0.2, -0.15) is 0 Å². The van der Waals surface area contributed by atoms with Crippen molar-refractivity contribution in [3.05, 3.63) is 53.9 Å². The van der Waals surface area contributed by atoms with Crippen LogP contribution < -0.4 is 10.1 Å². The van der Waals surface area contributed by atoms with Crippen LogP contribution in [0, 0.1) is 0 Å². The second-order valence-corrected chi connectivity index (χ2v) is 9.02. The highest BCUT2D eigenvalue weighted by atomic mass is 32.1. The molecule has 1 fully saturated rings. The second kappa shape index (κ2) is 9.60. The maximum absolute atomic E-state index is 15.0. The number of rotatable bonds is 7. The molecule has 33 heavy (non-hydrogen) atoms. The molecule has 0 unspecified atom stereocenters. The maximum Gasteiger partial charge on any atom is 0.163 e. The van der Waals surface area contributed by atoms with Gasteiger partial charge in [0.2, 0.25) is 0 Å². The van der Waals surface area contributed by atoms with Gasteiger partial charge < -0.3 is 15.2 Å². The molecule has 4 aromatic rings. The van der Waals surface area contributed by atoms with Gasteiger partial charge >= 0.3 is 0 Å². The summed E-state index contributed by atoms with van der Waals surface area (Å²) in [5.74, 6) is 0.708. The average molecular weight is 469 g/mol. The van der Waals surface area contributed by atoms with Gasteiger partial charge in [-0.15, -0.1) is 5.10 Å². The van der Waals surface area contributed by atoms with Gasteiger partial charge in [-0.05, 0) is 54.4 Å². The molecule has 5 rings (SSSR count). The number of hydrogen-bond donors (Lipinski definition) is 2. The minimum Gasteiger partial charge on any atom is -0.497 e. The second-order valence-electron chi connectivity index (χ2n) is 8.29. The van der Waals surface area contributed by atoms with Crippen LogP contribution >= 0.6 is 11.5 Å². The number of nitrogens with one attached hydrogen (secondary N) is 1. The van der Waals surface area contributed by atoms with E-state index in [4.69, 9.17) is 4.74 Å². The SMILES string of the molecule is COc1ccc2nccc([C@H](O)CN3CC[C@H](NCc4cnc5snnc5c4)[C@@H](F)C3)c2c1. The Labute approximate surface area is 194 Å². The number of alkyl halides is 1. The fourth-order valence-electron chi connectivity index (χ4n) is 4.34. The molecule has 2 N–H and O–H groups in total. The van der Waals surface area contributed by atoms with Gasteiger partial charge in [-0.3, -0.25) is 9.88 Å². The molecule has 172 valence electrons. The number of methoxy groups -OCH3 is 1. The van der Waals surface area contributed by atoms with Crippen LogP contribution in [0.25, 0.3) is 21.3 Å². The van der Waals surface area contributed by atoms with Gasteiger partial charge in [0.15, 0.2) is 4.83 Å². The Bertz CT molecular complexity index is 1250. The fourth-order valence-corrected chi connectivity index (χ4v) is 4.84. The van der Waals surface area contributed by atoms with E-state index in [0.717, 1.165) is 32.4 Å². The first-order valence-corrected chi connectivity index (χ1v) is 11.7. The third kappa shape index (κ3) is 4.79. The van der Waals surface area contributed by atoms with Crippen molar-refractivity contribution in [3.63, 3.8) is 0 Å². The number of aliphatic hydroxyl groups excluding tert-OH is 1. The van der Waals surface area contributed by atoms with Crippen molar-refractivity contribution in [2.45, 2.75) is 31.3 Å². The topological polar surface area (TPSA) is 96.3 Å². The predicted octanol–water partition coefficient (Wildman–Crippen LogP) is 2.88.